The van der Waals surface area contributed by atoms with E-state index in [4.69, 9.17) is 9.47 Å². The molecule has 148 valence electrons. The van der Waals surface area contributed by atoms with Crippen molar-refractivity contribution < 1.29 is 19.1 Å². The van der Waals surface area contributed by atoms with Gasteiger partial charge in [-0.2, -0.15) is 5.10 Å². The minimum atomic E-state index is -0.604. The summed E-state index contributed by atoms with van der Waals surface area (Å²) in [5, 5.41) is 4.58. The van der Waals surface area contributed by atoms with E-state index >= 15 is 0 Å². The Kier molecular flexibility index (Phi) is 5.34. The third-order valence-corrected chi connectivity index (χ3v) is 4.42. The first-order chi connectivity index (χ1) is 14.7. The standard InChI is InChI=1S/C23H17N3O4/c1-29-21-12-16(15-27)9-10-20(21)30-23(28)19-14-26(18-7-3-2-4-8-18)25-22(19)17-6-5-11-24-13-17/h2-15H,1H3. The molecular formula is C23H17N3O4. The van der Waals surface area contributed by atoms with Crippen LogP contribution < -0.4 is 9.47 Å². The van der Waals surface area contributed by atoms with Gasteiger partial charge in [0, 0.05) is 29.7 Å². The number of pyridine rings is 1. The molecular weight excluding hydrogens is 382 g/mol. The number of methoxy groups -OCH3 is 1. The van der Waals surface area contributed by atoms with Crippen molar-refractivity contribution in [3.63, 3.8) is 0 Å². The first-order valence-electron chi connectivity index (χ1n) is 9.10. The normalized spacial score (nSPS) is 10.4. The summed E-state index contributed by atoms with van der Waals surface area (Å²) in [6, 6.07) is 17.6. The van der Waals surface area contributed by atoms with E-state index in [0.717, 1.165) is 5.69 Å². The fourth-order valence-corrected chi connectivity index (χ4v) is 2.95. The molecule has 2 heterocycles. The van der Waals surface area contributed by atoms with Crippen LogP contribution in [0.5, 0.6) is 11.5 Å². The van der Waals surface area contributed by atoms with Crippen LogP contribution in [0.25, 0.3) is 16.9 Å². The summed E-state index contributed by atoms with van der Waals surface area (Å²) >= 11 is 0. The Balaban J connectivity index is 1.75. The second kappa shape index (κ2) is 8.40. The molecule has 0 aliphatic carbocycles. The van der Waals surface area contributed by atoms with Gasteiger partial charge in [0.25, 0.3) is 0 Å². The Hall–Kier alpha value is -4.26. The third kappa shape index (κ3) is 3.81. The number of para-hydroxylation sites is 1. The Bertz CT molecular complexity index is 1190. The molecule has 0 aliphatic rings. The van der Waals surface area contributed by atoms with Crippen molar-refractivity contribution in [3.05, 3.63) is 90.4 Å². The van der Waals surface area contributed by atoms with E-state index in [0.29, 0.717) is 23.1 Å². The molecule has 0 spiro atoms. The van der Waals surface area contributed by atoms with E-state index in [1.807, 2.05) is 36.4 Å². The summed E-state index contributed by atoms with van der Waals surface area (Å²) in [6.45, 7) is 0. The van der Waals surface area contributed by atoms with Gasteiger partial charge >= 0.3 is 5.97 Å². The second-order valence-electron chi connectivity index (χ2n) is 6.33. The van der Waals surface area contributed by atoms with Gasteiger partial charge in [0.15, 0.2) is 11.5 Å². The van der Waals surface area contributed by atoms with Crippen LogP contribution in [0.4, 0.5) is 0 Å². The number of ether oxygens (including phenoxy) is 2. The van der Waals surface area contributed by atoms with Gasteiger partial charge in [-0.15, -0.1) is 0 Å². The molecule has 7 nitrogen and oxygen atoms in total. The van der Waals surface area contributed by atoms with Gasteiger partial charge in [-0.05, 0) is 42.5 Å². The van der Waals surface area contributed by atoms with Crippen LogP contribution >= 0.6 is 0 Å². The smallest absolute Gasteiger partial charge is 0.347 e. The molecule has 0 amide bonds. The maximum Gasteiger partial charge on any atom is 0.347 e. The van der Waals surface area contributed by atoms with Crippen LogP contribution in [0.1, 0.15) is 20.7 Å². The Morgan fingerprint density at radius 1 is 1.03 bits per heavy atom. The zero-order valence-electron chi connectivity index (χ0n) is 16.1. The van der Waals surface area contributed by atoms with Gasteiger partial charge in [-0.3, -0.25) is 9.78 Å². The number of esters is 1. The second-order valence-corrected chi connectivity index (χ2v) is 6.33. The van der Waals surface area contributed by atoms with Crippen LogP contribution in [-0.4, -0.2) is 34.1 Å². The molecule has 0 aliphatic heterocycles. The predicted molar refractivity (Wildman–Crippen MR) is 110 cm³/mol. The number of hydrogen-bond donors (Lipinski definition) is 0. The highest BCUT2D eigenvalue weighted by atomic mass is 16.6. The quantitative estimate of drug-likeness (QED) is 0.277. The number of benzene rings is 2. The average Bonchev–Trinajstić information content (AvgIpc) is 3.26. The minimum absolute atomic E-state index is 0.206. The highest BCUT2D eigenvalue weighted by molar-refractivity contribution is 5.97. The van der Waals surface area contributed by atoms with Gasteiger partial charge in [0.2, 0.25) is 0 Å². The third-order valence-electron chi connectivity index (χ3n) is 4.42. The lowest BCUT2D eigenvalue weighted by molar-refractivity contribution is 0.0730. The molecule has 0 unspecified atom stereocenters. The number of carbonyl (C=O) groups excluding carboxylic acids is 2. The first kappa shape index (κ1) is 19.1. The Morgan fingerprint density at radius 2 is 1.87 bits per heavy atom. The molecule has 2 aromatic heterocycles. The predicted octanol–water partition coefficient (Wildman–Crippen LogP) is 3.97. The first-order valence-corrected chi connectivity index (χ1v) is 9.10. The molecule has 2 aromatic carbocycles. The molecule has 0 atom stereocenters. The monoisotopic (exact) mass is 399 g/mol. The number of hydrogen-bond acceptors (Lipinski definition) is 6. The number of nitrogens with zero attached hydrogens (tertiary/aromatic N) is 3. The van der Waals surface area contributed by atoms with Crippen molar-refractivity contribution in [2.24, 2.45) is 0 Å². The van der Waals surface area contributed by atoms with Gasteiger partial charge < -0.3 is 9.47 Å². The Labute approximate surface area is 172 Å². The number of rotatable bonds is 6. The highest BCUT2D eigenvalue weighted by Gasteiger charge is 2.22. The zero-order valence-corrected chi connectivity index (χ0v) is 16.1. The highest BCUT2D eigenvalue weighted by Crippen LogP contribution is 2.30. The summed E-state index contributed by atoms with van der Waals surface area (Å²) in [4.78, 5) is 28.2. The maximum absolute atomic E-state index is 13.1. The molecule has 0 bridgehead atoms. The molecule has 0 N–H and O–H groups in total. The summed E-state index contributed by atoms with van der Waals surface area (Å²) in [7, 11) is 1.44. The number of aldehydes is 1. The van der Waals surface area contributed by atoms with Crippen molar-refractivity contribution in [2.75, 3.05) is 7.11 Å². The van der Waals surface area contributed by atoms with Crippen molar-refractivity contribution >= 4 is 12.3 Å². The van der Waals surface area contributed by atoms with Gasteiger partial charge in [-0.1, -0.05) is 18.2 Å². The molecule has 30 heavy (non-hydrogen) atoms. The lowest BCUT2D eigenvalue weighted by Gasteiger charge is -2.09. The molecule has 4 aromatic rings. The summed E-state index contributed by atoms with van der Waals surface area (Å²) in [6.07, 6.45) is 5.59. The van der Waals surface area contributed by atoms with E-state index in [1.54, 1.807) is 35.4 Å². The van der Waals surface area contributed by atoms with E-state index in [-0.39, 0.29) is 17.1 Å². The molecule has 4 rings (SSSR count). The van der Waals surface area contributed by atoms with Crippen LogP contribution in [0.3, 0.4) is 0 Å². The topological polar surface area (TPSA) is 83.3 Å². The van der Waals surface area contributed by atoms with Crippen molar-refractivity contribution in [2.45, 2.75) is 0 Å². The number of carbonyl (C=O) groups is 2. The van der Waals surface area contributed by atoms with Crippen molar-refractivity contribution in [1.29, 1.82) is 0 Å². The molecule has 0 fully saturated rings. The minimum Gasteiger partial charge on any atom is -0.493 e. The summed E-state index contributed by atoms with van der Waals surface area (Å²) < 4.78 is 12.4. The van der Waals surface area contributed by atoms with Crippen LogP contribution in [0.15, 0.2) is 79.3 Å². The Morgan fingerprint density at radius 3 is 2.57 bits per heavy atom. The largest absolute Gasteiger partial charge is 0.493 e. The maximum atomic E-state index is 13.1. The van der Waals surface area contributed by atoms with Crippen molar-refractivity contribution in [3.8, 4) is 28.4 Å². The van der Waals surface area contributed by atoms with Gasteiger partial charge in [0.1, 0.15) is 17.5 Å². The fraction of sp³-hybridized carbons (Fsp3) is 0.0435. The van der Waals surface area contributed by atoms with E-state index < -0.39 is 5.97 Å². The fourth-order valence-electron chi connectivity index (χ4n) is 2.95. The van der Waals surface area contributed by atoms with E-state index in [2.05, 4.69) is 10.1 Å². The molecule has 0 radical (unpaired) electrons. The lowest BCUT2D eigenvalue weighted by Crippen LogP contribution is -2.10. The SMILES string of the molecule is COc1cc(C=O)ccc1OC(=O)c1cn(-c2ccccc2)nc1-c1cccnc1. The number of aromatic nitrogens is 3. The molecule has 0 saturated carbocycles. The van der Waals surface area contributed by atoms with Crippen LogP contribution in [-0.2, 0) is 0 Å². The van der Waals surface area contributed by atoms with Gasteiger partial charge in [-0.25, -0.2) is 9.48 Å². The zero-order chi connectivity index (χ0) is 20.9. The summed E-state index contributed by atoms with van der Waals surface area (Å²) in [5.74, 6) is -0.114. The molecule has 7 heteroatoms. The average molecular weight is 399 g/mol. The van der Waals surface area contributed by atoms with E-state index in [9.17, 15) is 9.59 Å². The summed E-state index contributed by atoms with van der Waals surface area (Å²) in [5.41, 5.74) is 2.62. The van der Waals surface area contributed by atoms with Crippen molar-refractivity contribution in [1.82, 2.24) is 14.8 Å². The van der Waals surface area contributed by atoms with Crippen LogP contribution in [0, 0.1) is 0 Å². The van der Waals surface area contributed by atoms with Crippen LogP contribution in [0.2, 0.25) is 0 Å². The lowest BCUT2D eigenvalue weighted by atomic mass is 10.1. The van der Waals surface area contributed by atoms with E-state index in [1.165, 1.54) is 19.2 Å². The van der Waals surface area contributed by atoms with Gasteiger partial charge in [0.05, 0.1) is 12.8 Å². The molecule has 0 saturated heterocycles.